The maximum Gasteiger partial charge on any atom is 0.233 e. The molecule has 0 spiro atoms. The molecule has 0 radical (unpaired) electrons. The van der Waals surface area contributed by atoms with Crippen LogP contribution in [0.25, 0.3) is 0 Å². The Balaban J connectivity index is 1.53. The number of hydrogen-bond donors (Lipinski definition) is 2. The van der Waals surface area contributed by atoms with Gasteiger partial charge in [0.25, 0.3) is 0 Å². The maximum atomic E-state index is 12.9. The molecule has 2 amide bonds. The zero-order valence-electron chi connectivity index (χ0n) is 14.9. The lowest BCUT2D eigenvalue weighted by Gasteiger charge is -2.30. The number of anilines is 2. The van der Waals surface area contributed by atoms with Crippen molar-refractivity contribution in [2.75, 3.05) is 36.5 Å². The Morgan fingerprint density at radius 3 is 2.44 bits per heavy atom. The highest BCUT2D eigenvalue weighted by Crippen LogP contribution is 2.26. The summed E-state index contributed by atoms with van der Waals surface area (Å²) < 4.78 is 18.2. The van der Waals surface area contributed by atoms with Gasteiger partial charge in [0.05, 0.1) is 24.6 Å². The molecule has 0 aromatic heterocycles. The Labute approximate surface area is 157 Å². The van der Waals surface area contributed by atoms with E-state index in [4.69, 9.17) is 4.74 Å². The lowest BCUT2D eigenvalue weighted by atomic mass is 10.2. The van der Waals surface area contributed by atoms with Crippen LogP contribution in [0.15, 0.2) is 48.5 Å². The van der Waals surface area contributed by atoms with Gasteiger partial charge in [-0.15, -0.1) is 0 Å². The van der Waals surface area contributed by atoms with Crippen LogP contribution in [-0.2, 0) is 20.9 Å². The van der Waals surface area contributed by atoms with Crippen LogP contribution in [0.1, 0.15) is 12.0 Å². The molecule has 0 bridgehead atoms. The lowest BCUT2D eigenvalue weighted by Crippen LogP contribution is -2.37. The Bertz CT molecular complexity index is 789. The van der Waals surface area contributed by atoms with Crippen molar-refractivity contribution in [1.82, 2.24) is 5.32 Å². The highest BCUT2D eigenvalue weighted by atomic mass is 19.1. The van der Waals surface area contributed by atoms with Crippen LogP contribution in [0.3, 0.4) is 0 Å². The van der Waals surface area contributed by atoms with E-state index in [2.05, 4.69) is 15.5 Å². The molecule has 7 heteroatoms. The van der Waals surface area contributed by atoms with E-state index in [0.717, 1.165) is 24.3 Å². The number of rotatable bonds is 6. The van der Waals surface area contributed by atoms with Gasteiger partial charge in [0.15, 0.2) is 0 Å². The standard InChI is InChI=1S/C20H22FN3O3/c21-16-7-5-15(6-8-16)14-22-19(25)13-20(26)23-17-3-1-2-4-18(17)24-9-11-27-12-10-24/h1-8H,9-14H2,(H,22,25)(H,23,26). The van der Waals surface area contributed by atoms with Crippen molar-refractivity contribution in [1.29, 1.82) is 0 Å². The topological polar surface area (TPSA) is 70.7 Å². The summed E-state index contributed by atoms with van der Waals surface area (Å²) in [4.78, 5) is 26.4. The number of nitrogens with one attached hydrogen (secondary N) is 2. The van der Waals surface area contributed by atoms with E-state index in [9.17, 15) is 14.0 Å². The molecule has 27 heavy (non-hydrogen) atoms. The van der Waals surface area contributed by atoms with E-state index in [1.165, 1.54) is 12.1 Å². The van der Waals surface area contributed by atoms with Gasteiger partial charge in [0.1, 0.15) is 12.2 Å². The third-order valence-corrected chi connectivity index (χ3v) is 4.25. The zero-order chi connectivity index (χ0) is 19.1. The highest BCUT2D eigenvalue weighted by Gasteiger charge is 2.16. The second kappa shape index (κ2) is 9.14. The van der Waals surface area contributed by atoms with Crippen molar-refractivity contribution in [2.45, 2.75) is 13.0 Å². The maximum absolute atomic E-state index is 12.9. The van der Waals surface area contributed by atoms with E-state index in [0.29, 0.717) is 18.9 Å². The Morgan fingerprint density at radius 2 is 1.70 bits per heavy atom. The molecular weight excluding hydrogens is 349 g/mol. The molecule has 1 heterocycles. The van der Waals surface area contributed by atoms with Crippen LogP contribution in [0.2, 0.25) is 0 Å². The summed E-state index contributed by atoms with van der Waals surface area (Å²) in [6, 6.07) is 13.4. The fourth-order valence-electron chi connectivity index (χ4n) is 2.86. The number of benzene rings is 2. The first-order valence-corrected chi connectivity index (χ1v) is 8.84. The minimum absolute atomic E-state index is 0.247. The average molecular weight is 371 g/mol. The van der Waals surface area contributed by atoms with Gasteiger partial charge >= 0.3 is 0 Å². The van der Waals surface area contributed by atoms with Gasteiger partial charge in [-0.3, -0.25) is 9.59 Å². The lowest BCUT2D eigenvalue weighted by molar-refractivity contribution is -0.126. The summed E-state index contributed by atoms with van der Waals surface area (Å²) in [5.74, 6) is -1.10. The van der Waals surface area contributed by atoms with Gasteiger partial charge in [-0.05, 0) is 29.8 Å². The quantitative estimate of drug-likeness (QED) is 0.765. The zero-order valence-corrected chi connectivity index (χ0v) is 14.9. The molecule has 3 rings (SSSR count). The summed E-state index contributed by atoms with van der Waals surface area (Å²) in [5.41, 5.74) is 2.36. The van der Waals surface area contributed by atoms with E-state index >= 15 is 0 Å². The molecular formula is C20H22FN3O3. The smallest absolute Gasteiger partial charge is 0.233 e. The highest BCUT2D eigenvalue weighted by molar-refractivity contribution is 6.04. The summed E-state index contributed by atoms with van der Waals surface area (Å²) in [6.07, 6.45) is -0.279. The number of nitrogens with zero attached hydrogens (tertiary/aromatic N) is 1. The molecule has 0 unspecified atom stereocenters. The Kier molecular flexibility index (Phi) is 6.38. The predicted molar refractivity (Wildman–Crippen MR) is 101 cm³/mol. The number of amides is 2. The molecule has 2 aromatic rings. The van der Waals surface area contributed by atoms with Crippen LogP contribution in [0.4, 0.5) is 15.8 Å². The molecule has 1 aliphatic rings. The summed E-state index contributed by atoms with van der Waals surface area (Å²) in [7, 11) is 0. The largest absolute Gasteiger partial charge is 0.378 e. The fraction of sp³-hybridized carbons (Fsp3) is 0.300. The van der Waals surface area contributed by atoms with Crippen LogP contribution < -0.4 is 15.5 Å². The van der Waals surface area contributed by atoms with Gasteiger partial charge in [-0.2, -0.15) is 0 Å². The third kappa shape index (κ3) is 5.52. The molecule has 2 aromatic carbocycles. The van der Waals surface area contributed by atoms with Crippen LogP contribution in [0.5, 0.6) is 0 Å². The average Bonchev–Trinajstić information content (AvgIpc) is 2.68. The van der Waals surface area contributed by atoms with E-state index in [1.54, 1.807) is 12.1 Å². The molecule has 142 valence electrons. The molecule has 1 fully saturated rings. The van der Waals surface area contributed by atoms with Crippen molar-refractivity contribution in [2.24, 2.45) is 0 Å². The van der Waals surface area contributed by atoms with E-state index in [1.807, 2.05) is 24.3 Å². The second-order valence-corrected chi connectivity index (χ2v) is 6.24. The predicted octanol–water partition coefficient (Wildman–Crippen LogP) is 2.31. The Hall–Kier alpha value is -2.93. The molecule has 0 atom stereocenters. The fourth-order valence-corrected chi connectivity index (χ4v) is 2.86. The number of halogens is 1. The van der Waals surface area contributed by atoms with Crippen molar-refractivity contribution in [3.8, 4) is 0 Å². The molecule has 1 saturated heterocycles. The molecule has 2 N–H and O–H groups in total. The number of hydrogen-bond acceptors (Lipinski definition) is 4. The number of ether oxygens (including phenoxy) is 1. The Morgan fingerprint density at radius 1 is 1.00 bits per heavy atom. The van der Waals surface area contributed by atoms with Crippen molar-refractivity contribution in [3.63, 3.8) is 0 Å². The van der Waals surface area contributed by atoms with Gasteiger partial charge in [-0.25, -0.2) is 4.39 Å². The van der Waals surface area contributed by atoms with Gasteiger partial charge in [0.2, 0.25) is 11.8 Å². The summed E-state index contributed by atoms with van der Waals surface area (Å²) in [5, 5.41) is 5.48. The molecule has 0 aliphatic carbocycles. The van der Waals surface area contributed by atoms with Crippen LogP contribution >= 0.6 is 0 Å². The van der Waals surface area contributed by atoms with Gasteiger partial charge < -0.3 is 20.3 Å². The first-order chi connectivity index (χ1) is 13.1. The van der Waals surface area contributed by atoms with Crippen molar-refractivity contribution < 1.29 is 18.7 Å². The van der Waals surface area contributed by atoms with Gasteiger partial charge in [0, 0.05) is 19.6 Å². The van der Waals surface area contributed by atoms with E-state index < -0.39 is 0 Å². The van der Waals surface area contributed by atoms with E-state index in [-0.39, 0.29) is 30.6 Å². The monoisotopic (exact) mass is 371 g/mol. The number of morpholine rings is 1. The van der Waals surface area contributed by atoms with Crippen molar-refractivity contribution in [3.05, 3.63) is 59.9 Å². The molecule has 0 saturated carbocycles. The number of carbonyl (C=O) groups is 2. The first-order valence-electron chi connectivity index (χ1n) is 8.84. The SMILES string of the molecule is O=C(CC(=O)Nc1ccccc1N1CCOCC1)NCc1ccc(F)cc1. The molecule has 1 aliphatic heterocycles. The minimum atomic E-state index is -0.388. The number of carbonyl (C=O) groups excluding carboxylic acids is 2. The van der Waals surface area contributed by atoms with Crippen molar-refractivity contribution >= 4 is 23.2 Å². The molecule has 6 nitrogen and oxygen atoms in total. The van der Waals surface area contributed by atoms with Gasteiger partial charge in [-0.1, -0.05) is 24.3 Å². The third-order valence-electron chi connectivity index (χ3n) is 4.25. The first kappa shape index (κ1) is 18.8. The normalized spacial score (nSPS) is 13.9. The second-order valence-electron chi connectivity index (χ2n) is 6.24. The summed E-state index contributed by atoms with van der Waals surface area (Å²) in [6.45, 7) is 3.05. The van der Waals surface area contributed by atoms with Crippen LogP contribution in [0, 0.1) is 5.82 Å². The van der Waals surface area contributed by atoms with Crippen LogP contribution in [-0.4, -0.2) is 38.1 Å². The minimum Gasteiger partial charge on any atom is -0.378 e. The number of para-hydroxylation sites is 2. The summed E-state index contributed by atoms with van der Waals surface area (Å²) >= 11 is 0.